The van der Waals surface area contributed by atoms with Crippen molar-refractivity contribution in [2.75, 3.05) is 0 Å². The molecule has 2 heterocycles. The fourth-order valence-corrected chi connectivity index (χ4v) is 1.31. The first-order valence-corrected chi connectivity index (χ1v) is 4.29. The molecule has 2 rings (SSSR count). The van der Waals surface area contributed by atoms with E-state index in [2.05, 4.69) is 10.2 Å². The Labute approximate surface area is 80.0 Å². The van der Waals surface area contributed by atoms with Crippen molar-refractivity contribution in [3.8, 4) is 0 Å². The van der Waals surface area contributed by atoms with E-state index in [1.807, 2.05) is 6.92 Å². The van der Waals surface area contributed by atoms with E-state index in [-0.39, 0.29) is 5.56 Å². The molecule has 2 aromatic heterocycles. The number of hydrogen-bond donors (Lipinski definition) is 1. The zero-order valence-corrected chi connectivity index (χ0v) is 7.64. The van der Waals surface area contributed by atoms with E-state index >= 15 is 0 Å². The highest BCUT2D eigenvalue weighted by molar-refractivity contribution is 5.88. The van der Waals surface area contributed by atoms with Gasteiger partial charge in [0.1, 0.15) is 5.82 Å². The van der Waals surface area contributed by atoms with Gasteiger partial charge in [0, 0.05) is 12.6 Å². The minimum Gasteiger partial charge on any atom is -0.478 e. The van der Waals surface area contributed by atoms with E-state index < -0.39 is 5.97 Å². The van der Waals surface area contributed by atoms with E-state index in [0.29, 0.717) is 5.65 Å². The van der Waals surface area contributed by atoms with Crippen LogP contribution in [-0.4, -0.2) is 25.7 Å². The Morgan fingerprint density at radius 1 is 1.57 bits per heavy atom. The van der Waals surface area contributed by atoms with Crippen molar-refractivity contribution < 1.29 is 9.90 Å². The number of aromatic carboxylic acids is 1. The standard InChI is InChI=1S/C9H9N3O2/c1-2-7-10-11-8-5-6(9(13)14)3-4-12(7)8/h3-5H,2H2,1H3,(H,13,14). The van der Waals surface area contributed by atoms with Gasteiger partial charge in [0.2, 0.25) is 0 Å². The molecule has 2 aromatic rings. The van der Waals surface area contributed by atoms with Crippen LogP contribution in [0, 0.1) is 0 Å². The van der Waals surface area contributed by atoms with E-state index in [1.54, 1.807) is 10.6 Å². The number of aryl methyl sites for hydroxylation is 1. The van der Waals surface area contributed by atoms with Gasteiger partial charge in [-0.15, -0.1) is 10.2 Å². The molecule has 0 atom stereocenters. The van der Waals surface area contributed by atoms with Gasteiger partial charge in [-0.05, 0) is 12.1 Å². The Kier molecular flexibility index (Phi) is 1.92. The van der Waals surface area contributed by atoms with E-state index in [4.69, 9.17) is 5.11 Å². The van der Waals surface area contributed by atoms with Crippen LogP contribution in [0.15, 0.2) is 18.3 Å². The lowest BCUT2D eigenvalue weighted by molar-refractivity contribution is 0.0697. The minimum absolute atomic E-state index is 0.229. The predicted octanol–water partition coefficient (Wildman–Crippen LogP) is 0.990. The maximum atomic E-state index is 10.7. The van der Waals surface area contributed by atoms with Crippen molar-refractivity contribution in [3.05, 3.63) is 29.7 Å². The summed E-state index contributed by atoms with van der Waals surface area (Å²) in [6, 6.07) is 3.05. The number of carbonyl (C=O) groups is 1. The van der Waals surface area contributed by atoms with E-state index in [1.165, 1.54) is 12.1 Å². The second-order valence-corrected chi connectivity index (χ2v) is 2.92. The summed E-state index contributed by atoms with van der Waals surface area (Å²) in [5, 5.41) is 16.6. The summed E-state index contributed by atoms with van der Waals surface area (Å²) in [6.07, 6.45) is 2.45. The highest BCUT2D eigenvalue weighted by Crippen LogP contribution is 2.07. The number of aromatic nitrogens is 3. The third kappa shape index (κ3) is 1.22. The van der Waals surface area contributed by atoms with Gasteiger partial charge in [0.25, 0.3) is 0 Å². The van der Waals surface area contributed by atoms with Gasteiger partial charge < -0.3 is 5.11 Å². The van der Waals surface area contributed by atoms with Gasteiger partial charge in [-0.1, -0.05) is 6.92 Å². The molecule has 0 bridgehead atoms. The van der Waals surface area contributed by atoms with Gasteiger partial charge in [-0.2, -0.15) is 0 Å². The van der Waals surface area contributed by atoms with Crippen LogP contribution in [0.4, 0.5) is 0 Å². The van der Waals surface area contributed by atoms with Crippen molar-refractivity contribution in [2.24, 2.45) is 0 Å². The average molecular weight is 191 g/mol. The second-order valence-electron chi connectivity index (χ2n) is 2.92. The number of rotatable bonds is 2. The largest absolute Gasteiger partial charge is 0.478 e. The topological polar surface area (TPSA) is 67.5 Å². The van der Waals surface area contributed by atoms with Crippen LogP contribution in [0.5, 0.6) is 0 Å². The Hall–Kier alpha value is -1.91. The summed E-state index contributed by atoms with van der Waals surface area (Å²) in [5.74, 6) is -0.120. The molecule has 0 amide bonds. The Morgan fingerprint density at radius 3 is 3.00 bits per heavy atom. The van der Waals surface area contributed by atoms with Crippen molar-refractivity contribution >= 4 is 11.6 Å². The molecule has 0 aliphatic carbocycles. The first-order valence-electron chi connectivity index (χ1n) is 4.29. The normalized spacial score (nSPS) is 10.6. The van der Waals surface area contributed by atoms with Crippen LogP contribution in [0.25, 0.3) is 5.65 Å². The molecule has 1 N–H and O–H groups in total. The van der Waals surface area contributed by atoms with Gasteiger partial charge in [-0.3, -0.25) is 4.40 Å². The predicted molar refractivity (Wildman–Crippen MR) is 49.3 cm³/mol. The minimum atomic E-state index is -0.950. The monoisotopic (exact) mass is 191 g/mol. The highest BCUT2D eigenvalue weighted by atomic mass is 16.4. The second kappa shape index (κ2) is 3.10. The van der Waals surface area contributed by atoms with Gasteiger partial charge in [-0.25, -0.2) is 4.79 Å². The quantitative estimate of drug-likeness (QED) is 0.768. The van der Waals surface area contributed by atoms with Crippen LogP contribution < -0.4 is 0 Å². The smallest absolute Gasteiger partial charge is 0.335 e. The molecule has 0 aliphatic heterocycles. The lowest BCUT2D eigenvalue weighted by atomic mass is 10.2. The number of fused-ring (bicyclic) bond motifs is 1. The zero-order valence-electron chi connectivity index (χ0n) is 7.64. The van der Waals surface area contributed by atoms with Crippen LogP contribution >= 0.6 is 0 Å². The summed E-state index contributed by atoms with van der Waals surface area (Å²) < 4.78 is 1.78. The summed E-state index contributed by atoms with van der Waals surface area (Å²) in [4.78, 5) is 10.7. The first-order chi connectivity index (χ1) is 6.72. The van der Waals surface area contributed by atoms with E-state index in [0.717, 1.165) is 12.2 Å². The fourth-order valence-electron chi connectivity index (χ4n) is 1.31. The lowest BCUT2D eigenvalue weighted by Gasteiger charge is -1.97. The Bertz CT molecular complexity index is 490. The molecular weight excluding hydrogens is 182 g/mol. The number of carboxylic acids is 1. The molecule has 14 heavy (non-hydrogen) atoms. The van der Waals surface area contributed by atoms with Crippen molar-refractivity contribution in [1.29, 1.82) is 0 Å². The summed E-state index contributed by atoms with van der Waals surface area (Å²) >= 11 is 0. The number of pyridine rings is 1. The van der Waals surface area contributed by atoms with Crippen molar-refractivity contribution in [2.45, 2.75) is 13.3 Å². The Morgan fingerprint density at radius 2 is 2.36 bits per heavy atom. The van der Waals surface area contributed by atoms with E-state index in [9.17, 15) is 4.79 Å². The third-order valence-electron chi connectivity index (χ3n) is 2.04. The number of carboxylic acid groups (broad SMARTS) is 1. The van der Waals surface area contributed by atoms with Crippen molar-refractivity contribution in [3.63, 3.8) is 0 Å². The number of hydrogen-bond acceptors (Lipinski definition) is 3. The molecule has 0 aromatic carbocycles. The molecule has 0 aliphatic rings. The zero-order chi connectivity index (χ0) is 10.1. The first kappa shape index (κ1) is 8.68. The highest BCUT2D eigenvalue weighted by Gasteiger charge is 2.07. The molecule has 72 valence electrons. The Balaban J connectivity index is 2.63. The number of nitrogens with zero attached hydrogens (tertiary/aromatic N) is 3. The molecule has 0 saturated heterocycles. The molecule has 5 nitrogen and oxygen atoms in total. The molecule has 5 heteroatoms. The van der Waals surface area contributed by atoms with Gasteiger partial charge in [0.05, 0.1) is 5.56 Å². The lowest BCUT2D eigenvalue weighted by Crippen LogP contribution is -1.98. The molecule has 0 fully saturated rings. The third-order valence-corrected chi connectivity index (χ3v) is 2.04. The SMILES string of the molecule is CCc1nnc2cc(C(=O)O)ccn12. The fraction of sp³-hybridized carbons (Fsp3) is 0.222. The molecule has 0 spiro atoms. The molecular formula is C9H9N3O2. The molecule has 0 saturated carbocycles. The van der Waals surface area contributed by atoms with Gasteiger partial charge in [0.15, 0.2) is 5.65 Å². The van der Waals surface area contributed by atoms with Crippen LogP contribution in [0.3, 0.4) is 0 Å². The summed E-state index contributed by atoms with van der Waals surface area (Å²) in [6.45, 7) is 1.97. The average Bonchev–Trinajstić information content (AvgIpc) is 2.59. The van der Waals surface area contributed by atoms with Crippen LogP contribution in [-0.2, 0) is 6.42 Å². The maximum absolute atomic E-state index is 10.7. The maximum Gasteiger partial charge on any atom is 0.335 e. The van der Waals surface area contributed by atoms with Gasteiger partial charge >= 0.3 is 5.97 Å². The summed E-state index contributed by atoms with van der Waals surface area (Å²) in [5.41, 5.74) is 0.800. The van der Waals surface area contributed by atoms with Crippen LogP contribution in [0.1, 0.15) is 23.1 Å². The summed E-state index contributed by atoms with van der Waals surface area (Å²) in [7, 11) is 0. The molecule has 0 radical (unpaired) electrons. The van der Waals surface area contributed by atoms with Crippen LogP contribution in [0.2, 0.25) is 0 Å². The van der Waals surface area contributed by atoms with Crippen molar-refractivity contribution in [1.82, 2.24) is 14.6 Å². The molecule has 0 unspecified atom stereocenters.